The van der Waals surface area contributed by atoms with Gasteiger partial charge in [0.25, 0.3) is 0 Å². The maximum atomic E-state index is 11.8. The van der Waals surface area contributed by atoms with Gasteiger partial charge in [0.1, 0.15) is 0 Å². The molecule has 4 aliphatic carbocycles. The van der Waals surface area contributed by atoms with E-state index >= 15 is 0 Å². The average Bonchev–Trinajstić information content (AvgIpc) is 2.70. The Hall–Kier alpha value is -0.670. The van der Waals surface area contributed by atoms with Crippen LogP contribution in [0.25, 0.3) is 0 Å². The van der Waals surface area contributed by atoms with Crippen LogP contribution >= 0.6 is 0 Å². The molecule has 3 saturated carbocycles. The molecule has 2 N–H and O–H groups in total. The highest BCUT2D eigenvalue weighted by Gasteiger charge is 2.61. The van der Waals surface area contributed by atoms with Crippen molar-refractivity contribution in [3.63, 3.8) is 0 Å². The van der Waals surface area contributed by atoms with Crippen LogP contribution in [0.15, 0.2) is 11.6 Å². The minimum atomic E-state index is -0.355. The molecular formula is C19H28O3. The Balaban J connectivity index is 1.71. The number of hydrogen-bond acceptors (Lipinski definition) is 3. The lowest BCUT2D eigenvalue weighted by Crippen LogP contribution is -2.52. The van der Waals surface area contributed by atoms with Gasteiger partial charge in [-0.2, -0.15) is 0 Å². The first-order valence-corrected chi connectivity index (χ1v) is 8.96. The Morgan fingerprint density at radius 1 is 1.14 bits per heavy atom. The summed E-state index contributed by atoms with van der Waals surface area (Å²) in [6, 6.07) is 0. The summed E-state index contributed by atoms with van der Waals surface area (Å²) in [7, 11) is 0. The first kappa shape index (κ1) is 14.9. The van der Waals surface area contributed by atoms with Crippen LogP contribution in [0.5, 0.6) is 0 Å². The fraction of sp³-hybridized carbons (Fsp3) is 0.842. The fourth-order valence-electron chi connectivity index (χ4n) is 6.59. The van der Waals surface area contributed by atoms with Crippen LogP contribution in [0.2, 0.25) is 0 Å². The second-order valence-electron chi connectivity index (χ2n) is 8.75. The molecule has 0 spiro atoms. The number of carbonyl (C=O) groups is 1. The van der Waals surface area contributed by atoms with Gasteiger partial charge in [0, 0.05) is 12.8 Å². The molecule has 22 heavy (non-hydrogen) atoms. The number of allylic oxidation sites excluding steroid dienone is 1. The molecule has 0 heterocycles. The Labute approximate surface area is 132 Å². The number of carbonyl (C=O) groups excluding carboxylic acids is 1. The summed E-state index contributed by atoms with van der Waals surface area (Å²) in [4.78, 5) is 11.8. The van der Waals surface area contributed by atoms with E-state index < -0.39 is 0 Å². The first-order chi connectivity index (χ1) is 10.4. The van der Waals surface area contributed by atoms with E-state index in [1.54, 1.807) is 0 Å². The zero-order valence-corrected chi connectivity index (χ0v) is 13.7. The predicted molar refractivity (Wildman–Crippen MR) is 84.1 cm³/mol. The Kier molecular flexibility index (Phi) is 3.16. The van der Waals surface area contributed by atoms with Gasteiger partial charge in [-0.05, 0) is 66.8 Å². The SMILES string of the molecule is CC12CCC(=O)C=C1CCC1C2CCC2(C)C(O)CC(O)C12. The quantitative estimate of drug-likeness (QED) is 0.723. The first-order valence-electron chi connectivity index (χ1n) is 8.96. The summed E-state index contributed by atoms with van der Waals surface area (Å²) >= 11 is 0. The fourth-order valence-corrected chi connectivity index (χ4v) is 6.59. The van der Waals surface area contributed by atoms with Crippen LogP contribution in [-0.4, -0.2) is 28.2 Å². The van der Waals surface area contributed by atoms with Crippen LogP contribution in [0.3, 0.4) is 0 Å². The lowest BCUT2D eigenvalue weighted by atomic mass is 9.47. The summed E-state index contributed by atoms with van der Waals surface area (Å²) in [5, 5.41) is 21.1. The van der Waals surface area contributed by atoms with E-state index in [1.165, 1.54) is 5.57 Å². The molecule has 7 atom stereocenters. The van der Waals surface area contributed by atoms with E-state index in [0.29, 0.717) is 30.5 Å². The highest BCUT2D eigenvalue weighted by atomic mass is 16.3. The number of rotatable bonds is 0. The minimum absolute atomic E-state index is 0.108. The van der Waals surface area contributed by atoms with Crippen molar-refractivity contribution in [1.82, 2.24) is 0 Å². The third kappa shape index (κ3) is 1.78. The molecule has 0 saturated heterocycles. The zero-order valence-electron chi connectivity index (χ0n) is 13.7. The molecule has 4 aliphatic rings. The van der Waals surface area contributed by atoms with Gasteiger partial charge in [0.2, 0.25) is 0 Å². The molecule has 0 bridgehead atoms. The van der Waals surface area contributed by atoms with Gasteiger partial charge in [-0.1, -0.05) is 19.4 Å². The van der Waals surface area contributed by atoms with Gasteiger partial charge in [0.05, 0.1) is 12.2 Å². The Morgan fingerprint density at radius 3 is 2.68 bits per heavy atom. The molecule has 0 aliphatic heterocycles. The van der Waals surface area contributed by atoms with Crippen molar-refractivity contribution in [3.05, 3.63) is 11.6 Å². The second-order valence-corrected chi connectivity index (χ2v) is 8.75. The Bertz CT molecular complexity index is 539. The lowest BCUT2D eigenvalue weighted by molar-refractivity contribution is -0.119. The molecule has 122 valence electrons. The number of fused-ring (bicyclic) bond motifs is 5. The van der Waals surface area contributed by atoms with E-state index in [0.717, 1.165) is 32.1 Å². The number of hydrogen-bond donors (Lipinski definition) is 2. The van der Waals surface area contributed by atoms with E-state index in [9.17, 15) is 15.0 Å². The molecule has 0 aromatic heterocycles. The van der Waals surface area contributed by atoms with Gasteiger partial charge in [-0.25, -0.2) is 0 Å². The number of aliphatic hydroxyl groups is 2. The molecule has 3 fully saturated rings. The van der Waals surface area contributed by atoms with Gasteiger partial charge < -0.3 is 10.2 Å². The van der Waals surface area contributed by atoms with Crippen LogP contribution in [0.1, 0.15) is 58.8 Å². The second kappa shape index (κ2) is 4.67. The third-order valence-electron chi connectivity index (χ3n) is 7.90. The molecule has 3 nitrogen and oxygen atoms in total. The van der Waals surface area contributed by atoms with Gasteiger partial charge >= 0.3 is 0 Å². The van der Waals surface area contributed by atoms with Crippen LogP contribution in [0, 0.1) is 28.6 Å². The van der Waals surface area contributed by atoms with Crippen molar-refractivity contribution < 1.29 is 15.0 Å². The van der Waals surface area contributed by atoms with Crippen LogP contribution < -0.4 is 0 Å². The van der Waals surface area contributed by atoms with Gasteiger partial charge in [0.15, 0.2) is 5.78 Å². The van der Waals surface area contributed by atoms with Crippen molar-refractivity contribution in [2.24, 2.45) is 28.6 Å². The van der Waals surface area contributed by atoms with Crippen LogP contribution in [0.4, 0.5) is 0 Å². The molecule has 4 rings (SSSR count). The largest absolute Gasteiger partial charge is 0.393 e. The predicted octanol–water partition coefficient (Wildman–Crippen LogP) is 2.85. The normalized spacial score (nSPS) is 54.3. The van der Waals surface area contributed by atoms with E-state index in [-0.39, 0.29) is 29.0 Å². The lowest BCUT2D eigenvalue weighted by Gasteiger charge is -2.58. The molecular weight excluding hydrogens is 276 g/mol. The number of ketones is 1. The molecule has 0 radical (unpaired) electrons. The maximum Gasteiger partial charge on any atom is 0.155 e. The monoisotopic (exact) mass is 304 g/mol. The van der Waals surface area contributed by atoms with Crippen molar-refractivity contribution in [2.45, 2.75) is 71.0 Å². The summed E-state index contributed by atoms with van der Waals surface area (Å²) in [6.07, 6.45) is 7.62. The van der Waals surface area contributed by atoms with Crippen LogP contribution in [-0.2, 0) is 4.79 Å². The average molecular weight is 304 g/mol. The highest BCUT2D eigenvalue weighted by Crippen LogP contribution is 2.65. The van der Waals surface area contributed by atoms with Crippen molar-refractivity contribution in [3.8, 4) is 0 Å². The highest BCUT2D eigenvalue weighted by molar-refractivity contribution is 5.91. The van der Waals surface area contributed by atoms with Crippen molar-refractivity contribution in [2.75, 3.05) is 0 Å². The van der Waals surface area contributed by atoms with Gasteiger partial charge in [-0.15, -0.1) is 0 Å². The maximum absolute atomic E-state index is 11.8. The summed E-state index contributed by atoms with van der Waals surface area (Å²) in [5.41, 5.74) is 1.40. The summed E-state index contributed by atoms with van der Waals surface area (Å²) in [5.74, 6) is 1.60. The molecule has 3 heteroatoms. The van der Waals surface area contributed by atoms with Gasteiger partial charge in [-0.3, -0.25) is 4.79 Å². The topological polar surface area (TPSA) is 57.5 Å². The standard InChI is InChI=1S/C19H28O3/c1-18-7-5-12(20)9-11(18)3-4-13-14(18)6-8-19(2)16(22)10-15(21)17(13)19/h9,13-17,21-22H,3-8,10H2,1-2H3. The molecule has 0 aromatic rings. The number of aliphatic hydroxyl groups excluding tert-OH is 2. The summed E-state index contributed by atoms with van der Waals surface area (Å²) in [6.45, 7) is 4.54. The van der Waals surface area contributed by atoms with Crippen molar-refractivity contribution in [1.29, 1.82) is 0 Å². The van der Waals surface area contributed by atoms with E-state index in [2.05, 4.69) is 13.8 Å². The summed E-state index contributed by atoms with van der Waals surface area (Å²) < 4.78 is 0. The molecule has 0 amide bonds. The smallest absolute Gasteiger partial charge is 0.155 e. The van der Waals surface area contributed by atoms with E-state index in [1.807, 2.05) is 6.08 Å². The van der Waals surface area contributed by atoms with Crippen molar-refractivity contribution >= 4 is 5.78 Å². The zero-order chi connectivity index (χ0) is 15.7. The molecule has 7 unspecified atom stereocenters. The van der Waals surface area contributed by atoms with E-state index in [4.69, 9.17) is 0 Å². The minimum Gasteiger partial charge on any atom is -0.393 e. The third-order valence-corrected chi connectivity index (χ3v) is 7.90. The molecule has 0 aromatic carbocycles. The Morgan fingerprint density at radius 2 is 1.91 bits per heavy atom.